The van der Waals surface area contributed by atoms with Crippen molar-refractivity contribution in [2.45, 2.75) is 0 Å². The van der Waals surface area contributed by atoms with E-state index < -0.39 is 5.97 Å². The van der Waals surface area contributed by atoms with Crippen LogP contribution in [0.5, 0.6) is 0 Å². The van der Waals surface area contributed by atoms with Crippen molar-refractivity contribution in [1.82, 2.24) is 19.7 Å². The fourth-order valence-electron chi connectivity index (χ4n) is 1.15. The van der Waals surface area contributed by atoms with Crippen molar-refractivity contribution < 1.29 is 9.90 Å². The zero-order chi connectivity index (χ0) is 10.8. The fourth-order valence-corrected chi connectivity index (χ4v) is 1.15. The van der Waals surface area contributed by atoms with E-state index >= 15 is 0 Å². The molecule has 0 aromatic carbocycles. The lowest BCUT2D eigenvalue weighted by atomic mass is 10.3. The average Bonchev–Trinajstić information content (AvgIpc) is 2.65. The third-order valence-electron chi connectivity index (χ3n) is 1.84. The fraction of sp³-hybridized carbons (Fsp3) is 0.111. The predicted molar refractivity (Wildman–Crippen MR) is 51.2 cm³/mol. The Bertz CT molecular complexity index is 506. The Balaban J connectivity index is 2.45. The molecule has 0 unspecified atom stereocenters. The molecule has 0 spiro atoms. The van der Waals surface area contributed by atoms with Crippen LogP contribution in [-0.2, 0) is 7.05 Å². The molecule has 0 aliphatic carbocycles. The van der Waals surface area contributed by atoms with Crippen LogP contribution in [0.1, 0.15) is 10.5 Å². The maximum absolute atomic E-state index is 10.7. The van der Waals surface area contributed by atoms with Crippen molar-refractivity contribution in [3.05, 3.63) is 30.4 Å². The van der Waals surface area contributed by atoms with Gasteiger partial charge in [-0.1, -0.05) is 0 Å². The van der Waals surface area contributed by atoms with E-state index in [1.54, 1.807) is 24.1 Å². The van der Waals surface area contributed by atoms with Crippen LogP contribution in [0.4, 0.5) is 0 Å². The van der Waals surface area contributed by atoms with Gasteiger partial charge in [0, 0.05) is 19.4 Å². The predicted octanol–water partition coefficient (Wildman–Crippen LogP) is 0.575. The van der Waals surface area contributed by atoms with Crippen LogP contribution in [-0.4, -0.2) is 30.8 Å². The number of aryl methyl sites for hydroxylation is 1. The quantitative estimate of drug-likeness (QED) is 0.773. The van der Waals surface area contributed by atoms with Crippen LogP contribution in [0.2, 0.25) is 0 Å². The largest absolute Gasteiger partial charge is 0.477 e. The molecule has 0 radical (unpaired) electrons. The van der Waals surface area contributed by atoms with E-state index in [2.05, 4.69) is 15.1 Å². The second kappa shape index (κ2) is 3.49. The molecule has 76 valence electrons. The minimum Gasteiger partial charge on any atom is -0.477 e. The smallest absolute Gasteiger partial charge is 0.354 e. The van der Waals surface area contributed by atoms with Crippen molar-refractivity contribution in [3.63, 3.8) is 0 Å². The molecule has 0 saturated carbocycles. The van der Waals surface area contributed by atoms with Crippen LogP contribution in [0.25, 0.3) is 11.4 Å². The summed E-state index contributed by atoms with van der Waals surface area (Å²) in [5.74, 6) is -0.703. The van der Waals surface area contributed by atoms with Gasteiger partial charge < -0.3 is 5.11 Å². The standard InChI is InChI=1S/C9H8N4O2/c1-13-5-6(4-11-13)8-10-3-2-7(12-8)9(14)15/h2-5H,1H3,(H,14,15). The number of carbonyl (C=O) groups is 1. The number of aromatic carboxylic acids is 1. The summed E-state index contributed by atoms with van der Waals surface area (Å²) in [6.45, 7) is 0. The van der Waals surface area contributed by atoms with Crippen LogP contribution in [0.15, 0.2) is 24.7 Å². The zero-order valence-corrected chi connectivity index (χ0v) is 7.95. The molecule has 6 heteroatoms. The second-order valence-electron chi connectivity index (χ2n) is 2.97. The van der Waals surface area contributed by atoms with Crippen molar-refractivity contribution >= 4 is 5.97 Å². The van der Waals surface area contributed by atoms with E-state index in [1.165, 1.54) is 12.3 Å². The molecule has 0 saturated heterocycles. The third kappa shape index (κ3) is 1.83. The summed E-state index contributed by atoms with van der Waals surface area (Å²) in [6, 6.07) is 1.35. The third-order valence-corrected chi connectivity index (χ3v) is 1.84. The molecule has 0 amide bonds. The lowest BCUT2D eigenvalue weighted by Gasteiger charge is -1.96. The summed E-state index contributed by atoms with van der Waals surface area (Å²) in [7, 11) is 1.77. The Kier molecular flexibility index (Phi) is 2.17. The first-order valence-corrected chi connectivity index (χ1v) is 4.22. The number of aromatic nitrogens is 4. The van der Waals surface area contributed by atoms with Crippen molar-refractivity contribution in [1.29, 1.82) is 0 Å². The molecule has 0 aliphatic rings. The van der Waals surface area contributed by atoms with Gasteiger partial charge in [-0.3, -0.25) is 4.68 Å². The maximum atomic E-state index is 10.7. The monoisotopic (exact) mass is 204 g/mol. The number of rotatable bonds is 2. The van der Waals surface area contributed by atoms with Gasteiger partial charge in [0.05, 0.1) is 11.8 Å². The number of hydrogen-bond donors (Lipinski definition) is 1. The molecule has 15 heavy (non-hydrogen) atoms. The average molecular weight is 204 g/mol. The Labute approximate surface area is 85.2 Å². The molecule has 0 atom stereocenters. The van der Waals surface area contributed by atoms with Crippen molar-refractivity contribution in [2.75, 3.05) is 0 Å². The zero-order valence-electron chi connectivity index (χ0n) is 7.95. The molecule has 2 heterocycles. The van der Waals surface area contributed by atoms with Crippen LogP contribution < -0.4 is 0 Å². The van der Waals surface area contributed by atoms with Crippen molar-refractivity contribution in [3.8, 4) is 11.4 Å². The highest BCUT2D eigenvalue weighted by atomic mass is 16.4. The molecule has 6 nitrogen and oxygen atoms in total. The molecular weight excluding hydrogens is 196 g/mol. The molecule has 0 fully saturated rings. The summed E-state index contributed by atoms with van der Waals surface area (Å²) in [5, 5.41) is 12.7. The van der Waals surface area contributed by atoms with Gasteiger partial charge in [0.1, 0.15) is 0 Å². The lowest BCUT2D eigenvalue weighted by molar-refractivity contribution is 0.0690. The number of carboxylic acid groups (broad SMARTS) is 1. The van der Waals surface area contributed by atoms with Gasteiger partial charge in [0.15, 0.2) is 11.5 Å². The van der Waals surface area contributed by atoms with E-state index in [0.29, 0.717) is 11.4 Å². The lowest BCUT2D eigenvalue weighted by Crippen LogP contribution is -2.01. The summed E-state index contributed by atoms with van der Waals surface area (Å²) < 4.78 is 1.60. The minimum atomic E-state index is -1.07. The van der Waals surface area contributed by atoms with Crippen LogP contribution in [0, 0.1) is 0 Å². The summed E-state index contributed by atoms with van der Waals surface area (Å²) >= 11 is 0. The van der Waals surface area contributed by atoms with Crippen molar-refractivity contribution in [2.24, 2.45) is 7.05 Å². The summed E-state index contributed by atoms with van der Waals surface area (Å²) in [6.07, 6.45) is 4.72. The highest BCUT2D eigenvalue weighted by Crippen LogP contribution is 2.12. The van der Waals surface area contributed by atoms with Gasteiger partial charge in [0.2, 0.25) is 0 Å². The minimum absolute atomic E-state index is 0.0242. The summed E-state index contributed by atoms with van der Waals surface area (Å²) in [5.41, 5.74) is 0.671. The molecule has 2 rings (SSSR count). The highest BCUT2D eigenvalue weighted by Gasteiger charge is 2.08. The summed E-state index contributed by atoms with van der Waals surface area (Å²) in [4.78, 5) is 18.5. The van der Waals surface area contributed by atoms with E-state index in [-0.39, 0.29) is 5.69 Å². The van der Waals surface area contributed by atoms with E-state index in [0.717, 1.165) is 0 Å². The van der Waals surface area contributed by atoms with Gasteiger partial charge in [-0.05, 0) is 6.07 Å². The number of nitrogens with zero attached hydrogens (tertiary/aromatic N) is 4. The molecule has 2 aromatic heterocycles. The molecule has 1 N–H and O–H groups in total. The second-order valence-corrected chi connectivity index (χ2v) is 2.97. The number of carboxylic acids is 1. The molecule has 0 aliphatic heterocycles. The number of hydrogen-bond acceptors (Lipinski definition) is 4. The van der Waals surface area contributed by atoms with E-state index in [1.807, 2.05) is 0 Å². The molecular formula is C9H8N4O2. The topological polar surface area (TPSA) is 80.9 Å². The first-order chi connectivity index (χ1) is 7.16. The van der Waals surface area contributed by atoms with Gasteiger partial charge in [0.25, 0.3) is 0 Å². The Morgan fingerprint density at radius 2 is 2.33 bits per heavy atom. The Hall–Kier alpha value is -2.24. The van der Waals surface area contributed by atoms with Gasteiger partial charge in [-0.25, -0.2) is 14.8 Å². The van der Waals surface area contributed by atoms with Crippen LogP contribution in [0.3, 0.4) is 0 Å². The van der Waals surface area contributed by atoms with Gasteiger partial charge in [-0.15, -0.1) is 0 Å². The normalized spacial score (nSPS) is 10.2. The molecule has 0 bridgehead atoms. The van der Waals surface area contributed by atoms with Gasteiger partial charge in [-0.2, -0.15) is 5.10 Å². The highest BCUT2D eigenvalue weighted by molar-refractivity contribution is 5.85. The molecule has 2 aromatic rings. The van der Waals surface area contributed by atoms with E-state index in [9.17, 15) is 4.79 Å². The van der Waals surface area contributed by atoms with E-state index in [4.69, 9.17) is 5.11 Å². The Morgan fingerprint density at radius 1 is 1.53 bits per heavy atom. The SMILES string of the molecule is Cn1cc(-c2nccc(C(=O)O)n2)cn1. The van der Waals surface area contributed by atoms with Crippen LogP contribution >= 0.6 is 0 Å². The Morgan fingerprint density at radius 3 is 2.93 bits per heavy atom. The maximum Gasteiger partial charge on any atom is 0.354 e. The first kappa shape index (κ1) is 9.32. The van der Waals surface area contributed by atoms with Gasteiger partial charge >= 0.3 is 5.97 Å². The first-order valence-electron chi connectivity index (χ1n) is 4.22.